The number of sulfonamides is 2. The highest BCUT2D eigenvalue weighted by Gasteiger charge is 2.28. The predicted molar refractivity (Wildman–Crippen MR) is 127 cm³/mol. The van der Waals surface area contributed by atoms with E-state index in [-0.39, 0.29) is 28.1 Å². The number of nitrogens with zero attached hydrogens (tertiary/aromatic N) is 2. The standard InChI is InChI=1S/C21H29N3O5S2.ClH/c1-23(2)30(25,26)17-8-6-15(7-9-17)19-14-22-11-10-16-12-21(31(27,28)24(3)4)20(29-5)13-18(16)19;/h6-9,12-13,19,22H,10-11,14H2,1-5H3;1H. The van der Waals surface area contributed by atoms with Crippen LogP contribution < -0.4 is 10.1 Å². The molecule has 3 rings (SSSR count). The lowest BCUT2D eigenvalue weighted by molar-refractivity contribution is 0.399. The minimum absolute atomic E-state index is 0. The van der Waals surface area contributed by atoms with Gasteiger partial charge >= 0.3 is 0 Å². The Morgan fingerprint density at radius 1 is 0.938 bits per heavy atom. The number of nitrogens with one attached hydrogen (secondary N) is 1. The molecule has 0 fully saturated rings. The minimum atomic E-state index is -3.66. The van der Waals surface area contributed by atoms with Gasteiger partial charge in [-0.25, -0.2) is 25.4 Å². The van der Waals surface area contributed by atoms with Gasteiger partial charge in [0.2, 0.25) is 20.0 Å². The average molecular weight is 504 g/mol. The van der Waals surface area contributed by atoms with Gasteiger partial charge in [-0.15, -0.1) is 12.4 Å². The van der Waals surface area contributed by atoms with E-state index in [1.165, 1.54) is 43.9 Å². The molecule has 0 aliphatic carbocycles. The van der Waals surface area contributed by atoms with Crippen LogP contribution in [0.3, 0.4) is 0 Å². The maximum Gasteiger partial charge on any atom is 0.246 e. The molecular weight excluding hydrogens is 474 g/mol. The first-order valence-electron chi connectivity index (χ1n) is 9.86. The summed E-state index contributed by atoms with van der Waals surface area (Å²) in [6.07, 6.45) is 0.679. The van der Waals surface area contributed by atoms with Crippen LogP contribution in [0.2, 0.25) is 0 Å². The summed E-state index contributed by atoms with van der Waals surface area (Å²) in [7, 11) is 0.281. The molecule has 1 N–H and O–H groups in total. The Morgan fingerprint density at radius 2 is 1.53 bits per heavy atom. The van der Waals surface area contributed by atoms with Gasteiger partial charge in [0.15, 0.2) is 0 Å². The van der Waals surface area contributed by atoms with Crippen molar-refractivity contribution in [1.82, 2.24) is 13.9 Å². The van der Waals surface area contributed by atoms with Crippen molar-refractivity contribution in [3.05, 3.63) is 53.1 Å². The van der Waals surface area contributed by atoms with E-state index in [0.717, 1.165) is 16.7 Å². The van der Waals surface area contributed by atoms with Gasteiger partial charge in [0, 0.05) is 40.7 Å². The lowest BCUT2D eigenvalue weighted by atomic mass is 9.88. The topological polar surface area (TPSA) is 96.0 Å². The highest BCUT2D eigenvalue weighted by Crippen LogP contribution is 2.36. The molecule has 0 aromatic heterocycles. The molecule has 1 heterocycles. The quantitative estimate of drug-likeness (QED) is 0.646. The molecule has 0 saturated heterocycles. The molecule has 0 amide bonds. The highest BCUT2D eigenvalue weighted by molar-refractivity contribution is 7.89. The Morgan fingerprint density at radius 3 is 2.06 bits per heavy atom. The molecule has 1 aliphatic heterocycles. The number of ether oxygens (including phenoxy) is 1. The fraction of sp³-hybridized carbons (Fsp3) is 0.429. The van der Waals surface area contributed by atoms with E-state index < -0.39 is 20.0 Å². The van der Waals surface area contributed by atoms with E-state index in [0.29, 0.717) is 25.3 Å². The molecule has 1 unspecified atom stereocenters. The molecule has 0 bridgehead atoms. The van der Waals surface area contributed by atoms with Crippen LogP contribution in [-0.2, 0) is 26.5 Å². The van der Waals surface area contributed by atoms with Crippen LogP contribution in [0.4, 0.5) is 0 Å². The summed E-state index contributed by atoms with van der Waals surface area (Å²) in [5.41, 5.74) is 2.85. The normalized spacial score (nSPS) is 16.9. The zero-order chi connectivity index (χ0) is 23.0. The van der Waals surface area contributed by atoms with Gasteiger partial charge in [-0.2, -0.15) is 0 Å². The summed E-state index contributed by atoms with van der Waals surface area (Å²) in [6, 6.07) is 10.3. The number of halogens is 1. The second-order valence-electron chi connectivity index (χ2n) is 7.85. The van der Waals surface area contributed by atoms with Gasteiger partial charge in [-0.1, -0.05) is 12.1 Å². The Kier molecular flexibility index (Phi) is 8.35. The average Bonchev–Trinajstić information content (AvgIpc) is 2.94. The van der Waals surface area contributed by atoms with Crippen LogP contribution in [0.25, 0.3) is 0 Å². The monoisotopic (exact) mass is 503 g/mol. The first-order chi connectivity index (χ1) is 14.5. The molecule has 32 heavy (non-hydrogen) atoms. The Hall–Kier alpha value is -1.69. The van der Waals surface area contributed by atoms with E-state index in [4.69, 9.17) is 4.74 Å². The van der Waals surface area contributed by atoms with E-state index in [1.807, 2.05) is 12.1 Å². The SMILES string of the molecule is COc1cc2c(cc1S(=O)(=O)N(C)C)CCNCC2c1ccc(S(=O)(=O)N(C)C)cc1.Cl. The van der Waals surface area contributed by atoms with Gasteiger partial charge in [-0.3, -0.25) is 0 Å². The van der Waals surface area contributed by atoms with Crippen molar-refractivity contribution in [2.75, 3.05) is 48.4 Å². The van der Waals surface area contributed by atoms with Gasteiger partial charge < -0.3 is 10.1 Å². The maximum atomic E-state index is 12.8. The molecule has 0 saturated carbocycles. The number of hydrogen-bond donors (Lipinski definition) is 1. The van der Waals surface area contributed by atoms with E-state index in [1.54, 1.807) is 24.3 Å². The van der Waals surface area contributed by atoms with E-state index in [2.05, 4.69) is 5.32 Å². The second kappa shape index (κ2) is 10.1. The maximum absolute atomic E-state index is 12.8. The summed E-state index contributed by atoms with van der Waals surface area (Å²) >= 11 is 0. The summed E-state index contributed by atoms with van der Waals surface area (Å²) in [6.45, 7) is 1.36. The largest absolute Gasteiger partial charge is 0.495 e. The van der Waals surface area contributed by atoms with Crippen LogP contribution in [-0.4, -0.2) is 73.8 Å². The van der Waals surface area contributed by atoms with Gasteiger partial charge in [-0.05, 0) is 53.9 Å². The van der Waals surface area contributed by atoms with Crippen molar-refractivity contribution in [2.24, 2.45) is 0 Å². The van der Waals surface area contributed by atoms with Crippen LogP contribution in [0.5, 0.6) is 5.75 Å². The molecular formula is C21H30ClN3O5S2. The third-order valence-corrected chi connectivity index (χ3v) is 9.21. The van der Waals surface area contributed by atoms with E-state index >= 15 is 0 Å². The van der Waals surface area contributed by atoms with Gasteiger partial charge in [0.25, 0.3) is 0 Å². The highest BCUT2D eigenvalue weighted by atomic mass is 35.5. The van der Waals surface area contributed by atoms with Crippen molar-refractivity contribution < 1.29 is 21.6 Å². The van der Waals surface area contributed by atoms with Crippen LogP contribution >= 0.6 is 12.4 Å². The zero-order valence-electron chi connectivity index (χ0n) is 18.8. The van der Waals surface area contributed by atoms with Crippen LogP contribution in [0, 0.1) is 0 Å². The molecule has 0 spiro atoms. The smallest absolute Gasteiger partial charge is 0.246 e. The van der Waals surface area contributed by atoms with Crippen LogP contribution in [0.1, 0.15) is 22.6 Å². The van der Waals surface area contributed by atoms with Crippen LogP contribution in [0.15, 0.2) is 46.2 Å². The molecule has 8 nitrogen and oxygen atoms in total. The fourth-order valence-corrected chi connectivity index (χ4v) is 5.66. The first-order valence-corrected chi connectivity index (χ1v) is 12.7. The number of fused-ring (bicyclic) bond motifs is 1. The molecule has 1 aliphatic rings. The molecule has 11 heteroatoms. The fourth-order valence-electron chi connectivity index (χ4n) is 3.68. The number of hydrogen-bond acceptors (Lipinski definition) is 6. The molecule has 1 atom stereocenters. The van der Waals surface area contributed by atoms with E-state index in [9.17, 15) is 16.8 Å². The second-order valence-corrected chi connectivity index (χ2v) is 12.1. The summed E-state index contributed by atoms with van der Waals surface area (Å²) in [5.74, 6) is 0.227. The zero-order valence-corrected chi connectivity index (χ0v) is 21.3. The third kappa shape index (κ3) is 4.95. The van der Waals surface area contributed by atoms with Crippen molar-refractivity contribution in [3.8, 4) is 5.75 Å². The Labute approximate surface area is 197 Å². The Bertz CT molecular complexity index is 1160. The molecule has 178 valence electrons. The lowest BCUT2D eigenvalue weighted by Crippen LogP contribution is -2.23. The number of benzene rings is 2. The number of methoxy groups -OCH3 is 1. The van der Waals surface area contributed by atoms with Gasteiger partial charge in [0.1, 0.15) is 10.6 Å². The Balaban J connectivity index is 0.00000363. The minimum Gasteiger partial charge on any atom is -0.495 e. The number of rotatable bonds is 6. The molecule has 2 aromatic rings. The van der Waals surface area contributed by atoms with Crippen molar-refractivity contribution >= 4 is 32.5 Å². The van der Waals surface area contributed by atoms with Crippen molar-refractivity contribution in [1.29, 1.82) is 0 Å². The third-order valence-electron chi connectivity index (χ3n) is 5.54. The summed E-state index contributed by atoms with van der Waals surface area (Å²) in [4.78, 5) is 0.375. The van der Waals surface area contributed by atoms with Crippen molar-refractivity contribution in [2.45, 2.75) is 22.1 Å². The van der Waals surface area contributed by atoms with Crippen molar-refractivity contribution in [3.63, 3.8) is 0 Å². The molecule has 2 aromatic carbocycles. The molecule has 0 radical (unpaired) electrons. The summed E-state index contributed by atoms with van der Waals surface area (Å²) in [5, 5.41) is 3.40. The van der Waals surface area contributed by atoms with Gasteiger partial charge in [0.05, 0.1) is 12.0 Å². The lowest BCUT2D eigenvalue weighted by Gasteiger charge is -2.22. The first kappa shape index (κ1) is 26.6. The predicted octanol–water partition coefficient (Wildman–Crippen LogP) is 1.90. The summed E-state index contributed by atoms with van der Waals surface area (Å²) < 4.78 is 58.1.